The normalized spacial score (nSPS) is 9.64. The molecule has 1 aromatic carbocycles. The molecule has 0 unspecified atom stereocenters. The van der Waals surface area contributed by atoms with E-state index in [1.165, 1.54) is 4.90 Å². The molecule has 3 nitrogen and oxygen atoms in total. The Morgan fingerprint density at radius 3 is 2.57 bits per heavy atom. The third-order valence-corrected chi connectivity index (χ3v) is 2.45. The molecule has 14 heavy (non-hydrogen) atoms. The van der Waals surface area contributed by atoms with Crippen LogP contribution in [0.15, 0.2) is 22.7 Å². The van der Waals surface area contributed by atoms with Crippen LogP contribution in [0.3, 0.4) is 0 Å². The first-order valence-corrected chi connectivity index (χ1v) is 4.82. The van der Waals surface area contributed by atoms with Crippen LogP contribution < -0.4 is 0 Å². The van der Waals surface area contributed by atoms with E-state index in [-0.39, 0.29) is 5.91 Å². The monoisotopic (exact) mass is 255 g/mol. The van der Waals surface area contributed by atoms with Gasteiger partial charge in [-0.3, -0.25) is 9.59 Å². The fraction of sp³-hybridized carbons (Fsp3) is 0.200. The minimum Gasteiger partial charge on any atom is -0.345 e. The molecule has 0 radical (unpaired) electrons. The van der Waals surface area contributed by atoms with Crippen molar-refractivity contribution in [2.75, 3.05) is 14.1 Å². The van der Waals surface area contributed by atoms with Crippen LogP contribution in [-0.4, -0.2) is 31.2 Å². The van der Waals surface area contributed by atoms with Gasteiger partial charge in [0, 0.05) is 24.1 Å². The summed E-state index contributed by atoms with van der Waals surface area (Å²) in [5.74, 6) is -0.181. The second kappa shape index (κ2) is 4.37. The number of hydrogen-bond acceptors (Lipinski definition) is 2. The average molecular weight is 256 g/mol. The van der Waals surface area contributed by atoms with E-state index >= 15 is 0 Å². The number of carbonyl (C=O) groups is 2. The number of hydrogen-bond donors (Lipinski definition) is 0. The Morgan fingerprint density at radius 1 is 1.43 bits per heavy atom. The summed E-state index contributed by atoms with van der Waals surface area (Å²) in [6, 6.07) is 5.08. The van der Waals surface area contributed by atoms with Gasteiger partial charge in [-0.15, -0.1) is 0 Å². The maximum Gasteiger partial charge on any atom is 0.255 e. The molecular weight excluding hydrogens is 246 g/mol. The number of amides is 1. The second-order valence-corrected chi connectivity index (χ2v) is 3.88. The maximum atomic E-state index is 11.7. The Balaban J connectivity index is 3.30. The second-order valence-electron chi connectivity index (χ2n) is 3.02. The molecular formula is C10H10BrNO2. The quantitative estimate of drug-likeness (QED) is 0.758. The molecule has 4 heteroatoms. The number of benzene rings is 1. The van der Waals surface area contributed by atoms with E-state index in [0.29, 0.717) is 21.9 Å². The number of nitrogens with zero attached hydrogens (tertiary/aromatic N) is 1. The van der Waals surface area contributed by atoms with E-state index in [1.807, 2.05) is 0 Å². The Labute approximate surface area is 90.8 Å². The number of aldehydes is 1. The van der Waals surface area contributed by atoms with Gasteiger partial charge in [-0.2, -0.15) is 0 Å². The van der Waals surface area contributed by atoms with E-state index in [0.717, 1.165) is 0 Å². The van der Waals surface area contributed by atoms with Gasteiger partial charge in [-0.25, -0.2) is 0 Å². The van der Waals surface area contributed by atoms with Crippen LogP contribution in [0.1, 0.15) is 20.7 Å². The summed E-state index contributed by atoms with van der Waals surface area (Å²) in [5, 5.41) is 0. The van der Waals surface area contributed by atoms with Crippen LogP contribution >= 0.6 is 15.9 Å². The lowest BCUT2D eigenvalue weighted by molar-refractivity contribution is 0.0823. The molecule has 0 bridgehead atoms. The molecule has 74 valence electrons. The lowest BCUT2D eigenvalue weighted by Gasteiger charge is -2.12. The third kappa shape index (κ3) is 2.01. The summed E-state index contributed by atoms with van der Waals surface area (Å²) < 4.78 is 0.640. The molecule has 0 aliphatic heterocycles. The minimum atomic E-state index is -0.181. The number of rotatable bonds is 2. The highest BCUT2D eigenvalue weighted by Gasteiger charge is 2.15. The van der Waals surface area contributed by atoms with Gasteiger partial charge in [0.05, 0.1) is 5.56 Å². The van der Waals surface area contributed by atoms with Gasteiger partial charge in [0.25, 0.3) is 5.91 Å². The summed E-state index contributed by atoms with van der Waals surface area (Å²) in [6.07, 6.45) is 0.682. The molecule has 0 N–H and O–H groups in total. The van der Waals surface area contributed by atoms with Crippen LogP contribution in [0.25, 0.3) is 0 Å². The van der Waals surface area contributed by atoms with E-state index in [1.54, 1.807) is 32.3 Å². The van der Waals surface area contributed by atoms with Crippen molar-refractivity contribution in [2.45, 2.75) is 0 Å². The first kappa shape index (κ1) is 10.9. The molecule has 0 heterocycles. The maximum absolute atomic E-state index is 11.7. The highest BCUT2D eigenvalue weighted by molar-refractivity contribution is 9.10. The summed E-state index contributed by atoms with van der Waals surface area (Å²) in [6.45, 7) is 0. The molecule has 1 aromatic rings. The Kier molecular flexibility index (Phi) is 3.41. The highest BCUT2D eigenvalue weighted by atomic mass is 79.9. The van der Waals surface area contributed by atoms with E-state index < -0.39 is 0 Å². The number of halogens is 1. The van der Waals surface area contributed by atoms with E-state index in [9.17, 15) is 9.59 Å². The third-order valence-electron chi connectivity index (χ3n) is 1.79. The molecule has 0 aliphatic rings. The van der Waals surface area contributed by atoms with Gasteiger partial charge in [0.2, 0.25) is 0 Å². The largest absolute Gasteiger partial charge is 0.345 e. The minimum absolute atomic E-state index is 0.181. The van der Waals surface area contributed by atoms with Crippen molar-refractivity contribution >= 4 is 28.1 Å². The van der Waals surface area contributed by atoms with Crippen molar-refractivity contribution in [2.24, 2.45) is 0 Å². The van der Waals surface area contributed by atoms with Gasteiger partial charge < -0.3 is 4.90 Å². The van der Waals surface area contributed by atoms with Crippen LogP contribution in [-0.2, 0) is 0 Å². The molecule has 0 saturated heterocycles. The Bertz CT molecular complexity index is 374. The van der Waals surface area contributed by atoms with E-state index in [4.69, 9.17) is 0 Å². The van der Waals surface area contributed by atoms with Gasteiger partial charge >= 0.3 is 0 Å². The SMILES string of the molecule is CN(C)C(=O)c1c(Br)cccc1C=O. The van der Waals surface area contributed by atoms with Crippen LogP contribution in [0.5, 0.6) is 0 Å². The fourth-order valence-electron chi connectivity index (χ4n) is 1.09. The molecule has 0 saturated carbocycles. The molecule has 0 spiro atoms. The van der Waals surface area contributed by atoms with Gasteiger partial charge in [-0.05, 0) is 22.0 Å². The smallest absolute Gasteiger partial charge is 0.255 e. The highest BCUT2D eigenvalue weighted by Crippen LogP contribution is 2.20. The predicted molar refractivity (Wildman–Crippen MR) is 57.5 cm³/mol. The first-order valence-electron chi connectivity index (χ1n) is 4.03. The van der Waals surface area contributed by atoms with Crippen molar-refractivity contribution in [3.8, 4) is 0 Å². The summed E-state index contributed by atoms with van der Waals surface area (Å²) >= 11 is 3.25. The van der Waals surface area contributed by atoms with Crippen molar-refractivity contribution < 1.29 is 9.59 Å². The number of carbonyl (C=O) groups excluding carboxylic acids is 2. The summed E-state index contributed by atoms with van der Waals surface area (Å²) in [5.41, 5.74) is 0.811. The summed E-state index contributed by atoms with van der Waals surface area (Å²) in [7, 11) is 3.30. The van der Waals surface area contributed by atoms with Crippen molar-refractivity contribution in [1.82, 2.24) is 4.90 Å². The first-order chi connectivity index (χ1) is 6.57. The molecule has 1 amide bonds. The van der Waals surface area contributed by atoms with Crippen LogP contribution in [0.2, 0.25) is 0 Å². The van der Waals surface area contributed by atoms with Crippen molar-refractivity contribution in [1.29, 1.82) is 0 Å². The molecule has 0 atom stereocenters. The predicted octanol–water partition coefficient (Wildman–Crippen LogP) is 1.96. The zero-order chi connectivity index (χ0) is 10.7. The topological polar surface area (TPSA) is 37.4 Å². The van der Waals surface area contributed by atoms with E-state index in [2.05, 4.69) is 15.9 Å². The Morgan fingerprint density at radius 2 is 2.07 bits per heavy atom. The van der Waals surface area contributed by atoms with Crippen molar-refractivity contribution in [3.63, 3.8) is 0 Å². The molecule has 1 rings (SSSR count). The standard InChI is InChI=1S/C10H10BrNO2/c1-12(2)10(14)9-7(6-13)4-3-5-8(9)11/h3-6H,1-2H3. The average Bonchev–Trinajstić information content (AvgIpc) is 2.16. The fourth-order valence-corrected chi connectivity index (χ4v) is 1.64. The summed E-state index contributed by atoms with van der Waals surface area (Å²) in [4.78, 5) is 23.8. The van der Waals surface area contributed by atoms with Crippen LogP contribution in [0.4, 0.5) is 0 Å². The van der Waals surface area contributed by atoms with Crippen molar-refractivity contribution in [3.05, 3.63) is 33.8 Å². The van der Waals surface area contributed by atoms with Gasteiger partial charge in [0.15, 0.2) is 6.29 Å². The zero-order valence-corrected chi connectivity index (χ0v) is 9.54. The van der Waals surface area contributed by atoms with Crippen LogP contribution in [0, 0.1) is 0 Å². The van der Waals surface area contributed by atoms with Gasteiger partial charge in [-0.1, -0.05) is 12.1 Å². The lowest BCUT2D eigenvalue weighted by Crippen LogP contribution is -2.23. The van der Waals surface area contributed by atoms with Gasteiger partial charge in [0.1, 0.15) is 0 Å². The molecule has 0 aliphatic carbocycles. The molecule has 0 aromatic heterocycles. The lowest BCUT2D eigenvalue weighted by atomic mass is 10.1. The Hall–Kier alpha value is -1.16. The molecule has 0 fully saturated rings. The zero-order valence-electron chi connectivity index (χ0n) is 7.95.